The number of amides is 1. The molecule has 0 atom stereocenters. The number of rotatable bonds is 6. The number of hydrogen-bond donors (Lipinski definition) is 1. The fraction of sp³-hybridized carbons (Fsp3) is 0.105. The predicted molar refractivity (Wildman–Crippen MR) is 99.2 cm³/mol. The summed E-state index contributed by atoms with van der Waals surface area (Å²) in [5.74, 6) is 1.03. The summed E-state index contributed by atoms with van der Waals surface area (Å²) in [6.45, 7) is 0. The molecule has 0 aliphatic carbocycles. The predicted octanol–water partition coefficient (Wildman–Crippen LogP) is 5.08. The standard InChI is InChI=1S/C19H15ClN2O4/c20-14-4-6-15(7-5-14)21-19(23)11-9-17-8-10-18(26-17)13-2-1-3-16(12-13)22(24)25/h1-8,10,12H,9,11H2,(H,21,23). The fourth-order valence-corrected chi connectivity index (χ4v) is 2.56. The van der Waals surface area contributed by atoms with Crippen molar-refractivity contribution in [1.82, 2.24) is 0 Å². The van der Waals surface area contributed by atoms with Crippen molar-refractivity contribution in [3.8, 4) is 11.3 Å². The summed E-state index contributed by atoms with van der Waals surface area (Å²) in [7, 11) is 0. The Morgan fingerprint density at radius 2 is 1.88 bits per heavy atom. The van der Waals surface area contributed by atoms with Gasteiger partial charge in [-0.15, -0.1) is 0 Å². The molecule has 0 fully saturated rings. The van der Waals surface area contributed by atoms with Crippen molar-refractivity contribution in [2.45, 2.75) is 12.8 Å². The summed E-state index contributed by atoms with van der Waals surface area (Å²) in [5.41, 5.74) is 1.30. The van der Waals surface area contributed by atoms with Gasteiger partial charge in [-0.3, -0.25) is 14.9 Å². The molecule has 1 amide bonds. The SMILES string of the molecule is O=C(CCc1ccc(-c2cccc([N+](=O)[O-])c2)o1)Nc1ccc(Cl)cc1. The Bertz CT molecular complexity index is 935. The highest BCUT2D eigenvalue weighted by atomic mass is 35.5. The number of carbonyl (C=O) groups excluding carboxylic acids is 1. The summed E-state index contributed by atoms with van der Waals surface area (Å²) in [4.78, 5) is 22.4. The first-order valence-corrected chi connectivity index (χ1v) is 8.28. The van der Waals surface area contributed by atoms with Crippen molar-refractivity contribution in [3.05, 3.63) is 81.6 Å². The van der Waals surface area contributed by atoms with E-state index in [1.54, 1.807) is 48.5 Å². The molecule has 3 aromatic rings. The largest absolute Gasteiger partial charge is 0.461 e. The van der Waals surface area contributed by atoms with Gasteiger partial charge in [-0.2, -0.15) is 0 Å². The number of benzene rings is 2. The maximum atomic E-state index is 12.0. The zero-order valence-electron chi connectivity index (χ0n) is 13.6. The monoisotopic (exact) mass is 370 g/mol. The van der Waals surface area contributed by atoms with Gasteiger partial charge in [-0.1, -0.05) is 23.7 Å². The Balaban J connectivity index is 1.60. The number of non-ortho nitro benzene ring substituents is 1. The van der Waals surface area contributed by atoms with E-state index in [-0.39, 0.29) is 18.0 Å². The summed E-state index contributed by atoms with van der Waals surface area (Å²) in [6.07, 6.45) is 0.679. The second-order valence-corrected chi connectivity index (χ2v) is 6.06. The van der Waals surface area contributed by atoms with Crippen LogP contribution in [0.25, 0.3) is 11.3 Å². The van der Waals surface area contributed by atoms with Crippen molar-refractivity contribution >= 4 is 28.9 Å². The minimum Gasteiger partial charge on any atom is -0.461 e. The van der Waals surface area contributed by atoms with E-state index in [1.807, 2.05) is 0 Å². The average Bonchev–Trinajstić information content (AvgIpc) is 3.11. The third-order valence-corrected chi connectivity index (χ3v) is 3.98. The van der Waals surface area contributed by atoms with E-state index in [2.05, 4.69) is 5.32 Å². The Morgan fingerprint density at radius 3 is 2.62 bits per heavy atom. The molecule has 1 aromatic heterocycles. The van der Waals surface area contributed by atoms with E-state index in [0.717, 1.165) is 0 Å². The summed E-state index contributed by atoms with van der Waals surface area (Å²) in [6, 6.07) is 16.6. The van der Waals surface area contributed by atoms with Crippen molar-refractivity contribution in [2.75, 3.05) is 5.32 Å². The zero-order valence-corrected chi connectivity index (χ0v) is 14.4. The minimum atomic E-state index is -0.450. The molecular weight excluding hydrogens is 356 g/mol. The van der Waals surface area contributed by atoms with Crippen LogP contribution in [0.4, 0.5) is 11.4 Å². The maximum absolute atomic E-state index is 12.0. The fourth-order valence-electron chi connectivity index (χ4n) is 2.43. The summed E-state index contributed by atoms with van der Waals surface area (Å²) in [5, 5.41) is 14.2. The molecule has 1 heterocycles. The van der Waals surface area contributed by atoms with Crippen LogP contribution in [-0.4, -0.2) is 10.8 Å². The molecule has 0 unspecified atom stereocenters. The minimum absolute atomic E-state index is 0.00259. The van der Waals surface area contributed by atoms with Gasteiger partial charge >= 0.3 is 0 Å². The molecular formula is C19H15ClN2O4. The number of furan rings is 1. The number of carbonyl (C=O) groups is 1. The second kappa shape index (κ2) is 7.84. The Kier molecular flexibility index (Phi) is 5.34. The number of halogens is 1. The van der Waals surface area contributed by atoms with Gasteiger partial charge in [0.25, 0.3) is 5.69 Å². The molecule has 0 saturated heterocycles. The molecule has 0 spiro atoms. The zero-order chi connectivity index (χ0) is 18.5. The number of anilines is 1. The van der Waals surface area contributed by atoms with Crippen molar-refractivity contribution < 1.29 is 14.1 Å². The van der Waals surface area contributed by atoms with Gasteiger partial charge in [0.2, 0.25) is 5.91 Å². The Hall–Kier alpha value is -3.12. The first-order valence-electron chi connectivity index (χ1n) is 7.90. The number of aryl methyl sites for hydroxylation is 1. The van der Waals surface area contributed by atoms with Gasteiger partial charge in [0.1, 0.15) is 11.5 Å². The first kappa shape index (κ1) is 17.7. The number of hydrogen-bond acceptors (Lipinski definition) is 4. The maximum Gasteiger partial charge on any atom is 0.270 e. The molecule has 6 nitrogen and oxygen atoms in total. The number of nitrogens with one attached hydrogen (secondary N) is 1. The van der Waals surface area contributed by atoms with Crippen LogP contribution in [0.15, 0.2) is 65.1 Å². The van der Waals surface area contributed by atoms with Gasteiger partial charge in [0.05, 0.1) is 4.92 Å². The van der Waals surface area contributed by atoms with Gasteiger partial charge in [-0.25, -0.2) is 0 Å². The molecule has 0 radical (unpaired) electrons. The van der Waals surface area contributed by atoms with Crippen LogP contribution in [0, 0.1) is 10.1 Å². The van der Waals surface area contributed by atoms with Crippen LogP contribution in [-0.2, 0) is 11.2 Å². The lowest BCUT2D eigenvalue weighted by Crippen LogP contribution is -2.11. The molecule has 7 heteroatoms. The van der Waals surface area contributed by atoms with Gasteiger partial charge in [-0.05, 0) is 36.4 Å². The quantitative estimate of drug-likeness (QED) is 0.484. The summed E-state index contributed by atoms with van der Waals surface area (Å²) < 4.78 is 5.70. The number of nitro groups is 1. The molecule has 1 N–H and O–H groups in total. The van der Waals surface area contributed by atoms with Gasteiger partial charge in [0.15, 0.2) is 0 Å². The van der Waals surface area contributed by atoms with E-state index in [1.165, 1.54) is 12.1 Å². The van der Waals surface area contributed by atoms with Crippen LogP contribution in [0.5, 0.6) is 0 Å². The van der Waals surface area contributed by atoms with Gasteiger partial charge in [0, 0.05) is 41.2 Å². The first-order chi connectivity index (χ1) is 12.5. The molecule has 26 heavy (non-hydrogen) atoms. The normalized spacial score (nSPS) is 10.5. The van der Waals surface area contributed by atoms with E-state index in [0.29, 0.717) is 34.2 Å². The van der Waals surface area contributed by atoms with E-state index in [4.69, 9.17) is 16.0 Å². The third-order valence-electron chi connectivity index (χ3n) is 3.73. The lowest BCUT2D eigenvalue weighted by molar-refractivity contribution is -0.384. The third kappa shape index (κ3) is 4.49. The highest BCUT2D eigenvalue weighted by Crippen LogP contribution is 2.26. The molecule has 3 rings (SSSR count). The van der Waals surface area contributed by atoms with Gasteiger partial charge < -0.3 is 9.73 Å². The molecule has 2 aromatic carbocycles. The van der Waals surface area contributed by atoms with E-state index in [9.17, 15) is 14.9 Å². The van der Waals surface area contributed by atoms with Crippen molar-refractivity contribution in [1.29, 1.82) is 0 Å². The number of nitro benzene ring substituents is 1. The molecule has 0 bridgehead atoms. The smallest absolute Gasteiger partial charge is 0.270 e. The Morgan fingerprint density at radius 1 is 1.12 bits per heavy atom. The Labute approximate surface area is 154 Å². The lowest BCUT2D eigenvalue weighted by Gasteiger charge is -2.04. The van der Waals surface area contributed by atoms with E-state index < -0.39 is 4.92 Å². The van der Waals surface area contributed by atoms with Crippen LogP contribution >= 0.6 is 11.6 Å². The number of nitrogens with zero attached hydrogens (tertiary/aromatic N) is 1. The second-order valence-electron chi connectivity index (χ2n) is 5.63. The topological polar surface area (TPSA) is 85.4 Å². The molecule has 0 aliphatic heterocycles. The van der Waals surface area contributed by atoms with Crippen molar-refractivity contribution in [2.24, 2.45) is 0 Å². The van der Waals surface area contributed by atoms with Crippen LogP contribution in [0.2, 0.25) is 5.02 Å². The van der Waals surface area contributed by atoms with Crippen LogP contribution in [0.3, 0.4) is 0 Å². The summed E-state index contributed by atoms with van der Waals surface area (Å²) >= 11 is 5.81. The van der Waals surface area contributed by atoms with Crippen LogP contribution < -0.4 is 5.32 Å². The molecule has 0 aliphatic rings. The highest BCUT2D eigenvalue weighted by molar-refractivity contribution is 6.30. The van der Waals surface area contributed by atoms with Crippen LogP contribution in [0.1, 0.15) is 12.2 Å². The molecule has 0 saturated carbocycles. The highest BCUT2D eigenvalue weighted by Gasteiger charge is 2.11. The lowest BCUT2D eigenvalue weighted by atomic mass is 10.1. The average molecular weight is 371 g/mol. The molecule has 132 valence electrons. The van der Waals surface area contributed by atoms with Crippen molar-refractivity contribution in [3.63, 3.8) is 0 Å². The van der Waals surface area contributed by atoms with E-state index >= 15 is 0 Å².